The van der Waals surface area contributed by atoms with E-state index in [9.17, 15) is 18.8 Å². The molecule has 0 aliphatic heterocycles. The molecule has 0 radical (unpaired) electrons. The Bertz CT molecular complexity index is 850. The molecule has 0 heterocycles. The zero-order valence-corrected chi connectivity index (χ0v) is 15.4. The summed E-state index contributed by atoms with van der Waals surface area (Å²) in [5.41, 5.74) is 2.78. The van der Waals surface area contributed by atoms with Gasteiger partial charge in [-0.2, -0.15) is 0 Å². The maximum Gasteiger partial charge on any atom is 0.338 e. The lowest BCUT2D eigenvalue weighted by Crippen LogP contribution is -2.37. The molecular weight excluding hydrogens is 351 g/mol. The summed E-state index contributed by atoms with van der Waals surface area (Å²) >= 11 is 0. The molecule has 2 rings (SSSR count). The van der Waals surface area contributed by atoms with Crippen LogP contribution in [0.4, 0.5) is 10.1 Å². The molecule has 1 N–H and O–H groups in total. The number of likely N-dealkylation sites (N-methyl/N-ethyl adjacent to an activating group) is 1. The van der Waals surface area contributed by atoms with E-state index in [1.165, 1.54) is 31.3 Å². The number of halogens is 1. The molecule has 0 saturated carbocycles. The highest BCUT2D eigenvalue weighted by Crippen LogP contribution is 2.11. The van der Waals surface area contributed by atoms with Crippen molar-refractivity contribution in [3.63, 3.8) is 0 Å². The molecule has 0 fully saturated rings. The molecule has 0 aliphatic carbocycles. The van der Waals surface area contributed by atoms with E-state index in [0.717, 1.165) is 16.0 Å². The van der Waals surface area contributed by atoms with Crippen molar-refractivity contribution in [2.75, 3.05) is 25.5 Å². The molecule has 0 aliphatic rings. The Labute approximate surface area is 156 Å². The lowest BCUT2D eigenvalue weighted by atomic mass is 10.1. The molecule has 2 aromatic rings. The third kappa shape index (κ3) is 5.91. The van der Waals surface area contributed by atoms with Gasteiger partial charge in [-0.15, -0.1) is 0 Å². The van der Waals surface area contributed by atoms with Crippen LogP contribution in [-0.2, 0) is 14.3 Å². The number of amides is 2. The van der Waals surface area contributed by atoms with Crippen LogP contribution in [0.3, 0.4) is 0 Å². The van der Waals surface area contributed by atoms with Gasteiger partial charge in [-0.3, -0.25) is 9.59 Å². The zero-order chi connectivity index (χ0) is 20.0. The first-order chi connectivity index (χ1) is 12.8. The number of anilines is 1. The smallest absolute Gasteiger partial charge is 0.338 e. The van der Waals surface area contributed by atoms with E-state index in [0.29, 0.717) is 11.3 Å². The normalized spacial score (nSPS) is 10.2. The van der Waals surface area contributed by atoms with Gasteiger partial charge in [-0.25, -0.2) is 9.18 Å². The molecule has 2 amide bonds. The third-order valence-corrected chi connectivity index (χ3v) is 4.00. The second-order valence-corrected chi connectivity index (χ2v) is 6.18. The van der Waals surface area contributed by atoms with Crippen molar-refractivity contribution < 1.29 is 23.5 Å². The number of esters is 1. The summed E-state index contributed by atoms with van der Waals surface area (Å²) in [5.74, 6) is -1.97. The van der Waals surface area contributed by atoms with Crippen molar-refractivity contribution in [3.8, 4) is 0 Å². The summed E-state index contributed by atoms with van der Waals surface area (Å²) in [6.07, 6.45) is 0. The summed E-state index contributed by atoms with van der Waals surface area (Å²) < 4.78 is 17.9. The number of rotatable bonds is 6. The van der Waals surface area contributed by atoms with Crippen molar-refractivity contribution in [1.82, 2.24) is 4.90 Å². The number of benzene rings is 2. The van der Waals surface area contributed by atoms with Gasteiger partial charge < -0.3 is 15.0 Å². The number of nitrogens with zero attached hydrogens (tertiary/aromatic N) is 1. The van der Waals surface area contributed by atoms with Gasteiger partial charge >= 0.3 is 5.97 Å². The van der Waals surface area contributed by atoms with Crippen LogP contribution in [0.2, 0.25) is 0 Å². The first-order valence-electron chi connectivity index (χ1n) is 8.30. The number of hydrogen-bond donors (Lipinski definition) is 1. The SMILES string of the molecule is Cc1ccc(C(=O)OCC(=O)N(C)CC(=O)Nc2ccc(F)cc2)cc1C. The van der Waals surface area contributed by atoms with Crippen molar-refractivity contribution in [1.29, 1.82) is 0 Å². The maximum atomic E-state index is 12.8. The van der Waals surface area contributed by atoms with Crippen LogP contribution in [0.25, 0.3) is 0 Å². The van der Waals surface area contributed by atoms with Gasteiger partial charge in [0.15, 0.2) is 6.61 Å². The van der Waals surface area contributed by atoms with Gasteiger partial charge in [0.1, 0.15) is 5.82 Å². The molecule has 27 heavy (non-hydrogen) atoms. The van der Waals surface area contributed by atoms with E-state index in [2.05, 4.69) is 5.32 Å². The number of aryl methyl sites for hydroxylation is 2. The van der Waals surface area contributed by atoms with Crippen molar-refractivity contribution in [2.45, 2.75) is 13.8 Å². The fourth-order valence-corrected chi connectivity index (χ4v) is 2.23. The molecular formula is C20H21FN2O4. The zero-order valence-electron chi connectivity index (χ0n) is 15.4. The number of ether oxygens (including phenoxy) is 1. The second kappa shape index (κ2) is 8.93. The Balaban J connectivity index is 1.82. The Hall–Kier alpha value is -3.22. The summed E-state index contributed by atoms with van der Waals surface area (Å²) in [5, 5.41) is 2.55. The number of nitrogens with one attached hydrogen (secondary N) is 1. The Morgan fingerprint density at radius 1 is 1.04 bits per heavy atom. The van der Waals surface area contributed by atoms with Crippen LogP contribution >= 0.6 is 0 Å². The van der Waals surface area contributed by atoms with Crippen LogP contribution in [0.1, 0.15) is 21.5 Å². The van der Waals surface area contributed by atoms with Gasteiger partial charge in [-0.1, -0.05) is 6.07 Å². The van der Waals surface area contributed by atoms with Gasteiger partial charge in [0, 0.05) is 12.7 Å². The van der Waals surface area contributed by atoms with E-state index in [4.69, 9.17) is 4.74 Å². The molecule has 7 heteroatoms. The standard InChI is InChI=1S/C20H21FN2O4/c1-13-4-5-15(10-14(13)2)20(26)27-12-19(25)23(3)11-18(24)22-17-8-6-16(21)7-9-17/h4-10H,11-12H2,1-3H3,(H,22,24). The fraction of sp³-hybridized carbons (Fsp3) is 0.250. The maximum absolute atomic E-state index is 12.8. The van der Waals surface area contributed by atoms with Gasteiger partial charge in [0.05, 0.1) is 12.1 Å². The van der Waals surface area contributed by atoms with Gasteiger partial charge in [0.2, 0.25) is 5.91 Å². The van der Waals surface area contributed by atoms with E-state index in [1.54, 1.807) is 18.2 Å². The predicted molar refractivity (Wildman–Crippen MR) is 98.9 cm³/mol. The summed E-state index contributed by atoms with van der Waals surface area (Å²) in [7, 11) is 1.43. The van der Waals surface area contributed by atoms with Crippen molar-refractivity contribution in [2.24, 2.45) is 0 Å². The topological polar surface area (TPSA) is 75.7 Å². The first-order valence-corrected chi connectivity index (χ1v) is 8.30. The highest BCUT2D eigenvalue weighted by atomic mass is 19.1. The molecule has 0 bridgehead atoms. The van der Waals surface area contributed by atoms with Crippen LogP contribution in [0, 0.1) is 19.7 Å². The van der Waals surface area contributed by atoms with E-state index in [-0.39, 0.29) is 6.54 Å². The van der Waals surface area contributed by atoms with Crippen LogP contribution in [-0.4, -0.2) is 42.9 Å². The van der Waals surface area contributed by atoms with Crippen LogP contribution in [0.5, 0.6) is 0 Å². The van der Waals surface area contributed by atoms with E-state index < -0.39 is 30.2 Å². The molecule has 2 aromatic carbocycles. The number of hydrogen-bond acceptors (Lipinski definition) is 4. The molecule has 0 atom stereocenters. The summed E-state index contributed by atoms with van der Waals surface area (Å²) in [4.78, 5) is 37.2. The minimum absolute atomic E-state index is 0.225. The average Bonchev–Trinajstić information content (AvgIpc) is 2.63. The number of carbonyl (C=O) groups excluding carboxylic acids is 3. The minimum atomic E-state index is -0.601. The Morgan fingerprint density at radius 2 is 1.70 bits per heavy atom. The Morgan fingerprint density at radius 3 is 2.33 bits per heavy atom. The monoisotopic (exact) mass is 372 g/mol. The third-order valence-electron chi connectivity index (χ3n) is 4.00. The van der Waals surface area contributed by atoms with Crippen molar-refractivity contribution >= 4 is 23.5 Å². The molecule has 0 spiro atoms. The molecule has 0 aromatic heterocycles. The largest absolute Gasteiger partial charge is 0.452 e. The van der Waals surface area contributed by atoms with Crippen molar-refractivity contribution in [3.05, 3.63) is 65.0 Å². The molecule has 0 saturated heterocycles. The highest BCUT2D eigenvalue weighted by molar-refractivity contribution is 5.95. The lowest BCUT2D eigenvalue weighted by Gasteiger charge is -2.17. The predicted octanol–water partition coefficient (Wildman–Crippen LogP) is 2.70. The molecule has 142 valence electrons. The van der Waals surface area contributed by atoms with E-state index >= 15 is 0 Å². The number of carbonyl (C=O) groups is 3. The highest BCUT2D eigenvalue weighted by Gasteiger charge is 2.16. The summed E-state index contributed by atoms with van der Waals surface area (Å²) in [6, 6.07) is 10.4. The van der Waals surface area contributed by atoms with Crippen LogP contribution in [0.15, 0.2) is 42.5 Å². The molecule has 6 nitrogen and oxygen atoms in total. The van der Waals surface area contributed by atoms with E-state index in [1.807, 2.05) is 13.8 Å². The quantitative estimate of drug-likeness (QED) is 0.791. The lowest BCUT2D eigenvalue weighted by molar-refractivity contribution is -0.136. The van der Waals surface area contributed by atoms with Gasteiger partial charge in [0.25, 0.3) is 5.91 Å². The first kappa shape index (κ1) is 20.1. The Kier molecular flexibility index (Phi) is 6.65. The second-order valence-electron chi connectivity index (χ2n) is 6.18. The minimum Gasteiger partial charge on any atom is -0.452 e. The van der Waals surface area contributed by atoms with Crippen LogP contribution < -0.4 is 5.32 Å². The fourth-order valence-electron chi connectivity index (χ4n) is 2.23. The summed E-state index contributed by atoms with van der Waals surface area (Å²) in [6.45, 7) is 3.12. The average molecular weight is 372 g/mol. The molecule has 0 unspecified atom stereocenters. The van der Waals surface area contributed by atoms with Gasteiger partial charge in [-0.05, 0) is 61.4 Å².